The van der Waals surface area contributed by atoms with Gasteiger partial charge in [0, 0.05) is 25.3 Å². The largest absolute Gasteiger partial charge is 0.504 e. The quantitative estimate of drug-likeness (QED) is 0.128. The molecule has 210 valence electrons. The number of aryl methyl sites for hydroxylation is 1. The monoisotopic (exact) mass is 546 g/mol. The zero-order valence-electron chi connectivity index (χ0n) is 20.8. The Balaban J connectivity index is 1.62. The fourth-order valence-corrected chi connectivity index (χ4v) is 4.23. The summed E-state index contributed by atoms with van der Waals surface area (Å²) in [5.74, 6) is -4.55. The van der Waals surface area contributed by atoms with Gasteiger partial charge in [0.2, 0.25) is 0 Å². The van der Waals surface area contributed by atoms with Gasteiger partial charge >= 0.3 is 17.9 Å². The van der Waals surface area contributed by atoms with Gasteiger partial charge in [-0.2, -0.15) is 0 Å². The first kappa shape index (κ1) is 29.3. The van der Waals surface area contributed by atoms with E-state index in [0.29, 0.717) is 17.5 Å². The number of benzene rings is 2. The lowest BCUT2D eigenvalue weighted by molar-refractivity contribution is -0.206. The average molecular weight is 547 g/mol. The maximum atomic E-state index is 12.5. The fourth-order valence-electron chi connectivity index (χ4n) is 4.23. The SMILES string of the molecule is O=C(/C=C/Cc1ccc(O)c(O)c1)O[C@H]1[C@H](O)C[C@](O)(C(=O)O)C[C@H]1OC(=O)CCCc1ccc(O)c(O)c1. The van der Waals surface area contributed by atoms with Gasteiger partial charge < -0.3 is 45.2 Å². The standard InChI is InChI=1S/C27H30O12/c28-17-9-7-15(11-19(17)30)3-1-5-23(33)38-22-14-27(37,26(35)36)13-21(32)25(22)39-24(34)6-2-4-16-8-10-18(29)20(31)12-16/h2,6-12,21-22,25,28-32,37H,1,3-5,13-14H2,(H,35,36)/b6-2+/t21-,22-,25+,27-/m1/s1. The van der Waals surface area contributed by atoms with Gasteiger partial charge in [0.05, 0.1) is 6.10 Å². The van der Waals surface area contributed by atoms with Crippen LogP contribution in [0.5, 0.6) is 23.0 Å². The highest BCUT2D eigenvalue weighted by Crippen LogP contribution is 2.33. The molecule has 12 heteroatoms. The van der Waals surface area contributed by atoms with Gasteiger partial charge in [-0.25, -0.2) is 9.59 Å². The molecule has 1 saturated carbocycles. The molecule has 0 radical (unpaired) electrons. The van der Waals surface area contributed by atoms with Crippen molar-refractivity contribution in [3.8, 4) is 23.0 Å². The molecule has 0 bridgehead atoms. The number of esters is 2. The number of phenolic OH excluding ortho intramolecular Hbond substituents is 4. The van der Waals surface area contributed by atoms with Gasteiger partial charge in [-0.3, -0.25) is 4.79 Å². The van der Waals surface area contributed by atoms with Gasteiger partial charge in [-0.1, -0.05) is 18.2 Å². The van der Waals surface area contributed by atoms with E-state index < -0.39 is 54.7 Å². The maximum Gasteiger partial charge on any atom is 0.335 e. The van der Waals surface area contributed by atoms with E-state index in [1.807, 2.05) is 0 Å². The molecule has 0 unspecified atom stereocenters. The van der Waals surface area contributed by atoms with Crippen molar-refractivity contribution in [1.29, 1.82) is 0 Å². The Morgan fingerprint density at radius 2 is 1.51 bits per heavy atom. The third-order valence-electron chi connectivity index (χ3n) is 6.30. The summed E-state index contributed by atoms with van der Waals surface area (Å²) in [5, 5.41) is 68.3. The van der Waals surface area contributed by atoms with Crippen molar-refractivity contribution >= 4 is 17.9 Å². The molecule has 2 aromatic carbocycles. The van der Waals surface area contributed by atoms with Gasteiger partial charge in [0.1, 0.15) is 6.10 Å². The Labute approximate surface area is 223 Å². The predicted octanol–water partition coefficient (Wildman–Crippen LogP) is 1.42. The molecule has 4 atom stereocenters. The summed E-state index contributed by atoms with van der Waals surface area (Å²) in [6.45, 7) is 0. The number of hydrogen-bond acceptors (Lipinski definition) is 11. The lowest BCUT2D eigenvalue weighted by Gasteiger charge is -2.40. The molecule has 0 aliphatic heterocycles. The number of hydrogen-bond donors (Lipinski definition) is 7. The summed E-state index contributed by atoms with van der Waals surface area (Å²) in [6, 6.07) is 8.34. The van der Waals surface area contributed by atoms with Crippen LogP contribution in [0.25, 0.3) is 0 Å². The zero-order valence-corrected chi connectivity index (χ0v) is 20.8. The second-order valence-corrected chi connectivity index (χ2v) is 9.35. The van der Waals surface area contributed by atoms with Gasteiger partial charge in [0.25, 0.3) is 0 Å². The van der Waals surface area contributed by atoms with E-state index >= 15 is 0 Å². The molecule has 0 saturated heterocycles. The molecule has 39 heavy (non-hydrogen) atoms. The fraction of sp³-hybridized carbons (Fsp3) is 0.370. The van der Waals surface area contributed by atoms with Gasteiger partial charge in [-0.05, 0) is 54.7 Å². The van der Waals surface area contributed by atoms with E-state index in [2.05, 4.69) is 0 Å². The highest BCUT2D eigenvalue weighted by Gasteiger charge is 2.52. The van der Waals surface area contributed by atoms with Gasteiger partial charge in [0.15, 0.2) is 34.7 Å². The first-order valence-corrected chi connectivity index (χ1v) is 12.1. The third-order valence-corrected chi connectivity index (χ3v) is 6.30. The highest BCUT2D eigenvalue weighted by molar-refractivity contribution is 5.82. The van der Waals surface area contributed by atoms with Crippen molar-refractivity contribution in [2.75, 3.05) is 0 Å². The van der Waals surface area contributed by atoms with Crippen molar-refractivity contribution in [1.82, 2.24) is 0 Å². The molecular formula is C27H30O12. The molecule has 7 N–H and O–H groups in total. The number of carboxylic acids is 1. The topological polar surface area (TPSA) is 211 Å². The lowest BCUT2D eigenvalue weighted by atomic mass is 9.79. The summed E-state index contributed by atoms with van der Waals surface area (Å²) in [7, 11) is 0. The normalized spacial score (nSPS) is 22.9. The highest BCUT2D eigenvalue weighted by atomic mass is 16.6. The van der Waals surface area contributed by atoms with Crippen molar-refractivity contribution in [3.63, 3.8) is 0 Å². The minimum atomic E-state index is -2.41. The first-order valence-electron chi connectivity index (χ1n) is 12.1. The minimum Gasteiger partial charge on any atom is -0.504 e. The Morgan fingerprint density at radius 3 is 2.13 bits per heavy atom. The Bertz CT molecular complexity index is 1240. The number of carboxylic acid groups (broad SMARTS) is 1. The summed E-state index contributed by atoms with van der Waals surface area (Å²) < 4.78 is 10.6. The number of allylic oxidation sites excluding steroid dienone is 1. The number of aliphatic hydroxyl groups is 2. The Morgan fingerprint density at radius 1 is 0.897 bits per heavy atom. The minimum absolute atomic E-state index is 0.139. The molecule has 1 fully saturated rings. The van der Waals surface area contributed by atoms with E-state index in [4.69, 9.17) is 9.47 Å². The van der Waals surface area contributed by atoms with E-state index in [0.717, 1.165) is 6.08 Å². The number of rotatable bonds is 10. The van der Waals surface area contributed by atoms with E-state index in [9.17, 15) is 50.1 Å². The zero-order chi connectivity index (χ0) is 28.7. The number of aromatic hydroxyl groups is 4. The predicted molar refractivity (Wildman–Crippen MR) is 133 cm³/mol. The Hall–Kier alpha value is -4.29. The van der Waals surface area contributed by atoms with Crippen molar-refractivity contribution in [3.05, 3.63) is 59.7 Å². The molecule has 2 aromatic rings. The molecule has 0 heterocycles. The molecule has 0 spiro atoms. The van der Waals surface area contributed by atoms with Crippen LogP contribution < -0.4 is 0 Å². The van der Waals surface area contributed by atoms with Crippen LogP contribution in [0, 0.1) is 0 Å². The third kappa shape index (κ3) is 7.85. The Kier molecular flexibility index (Phi) is 9.38. The average Bonchev–Trinajstić information content (AvgIpc) is 2.85. The number of ether oxygens (including phenoxy) is 2. The van der Waals surface area contributed by atoms with Crippen LogP contribution in [0.1, 0.15) is 36.8 Å². The summed E-state index contributed by atoms with van der Waals surface area (Å²) >= 11 is 0. The summed E-state index contributed by atoms with van der Waals surface area (Å²) in [5.41, 5.74) is -1.19. The molecule has 1 aliphatic rings. The van der Waals surface area contributed by atoms with Crippen LogP contribution in [0.3, 0.4) is 0 Å². The van der Waals surface area contributed by atoms with Crippen LogP contribution in [-0.2, 0) is 36.7 Å². The van der Waals surface area contributed by atoms with Crippen molar-refractivity contribution in [2.45, 2.75) is 62.4 Å². The molecule has 0 aromatic heterocycles. The summed E-state index contributed by atoms with van der Waals surface area (Å²) in [6.07, 6.45) is -2.72. The van der Waals surface area contributed by atoms with Crippen molar-refractivity contribution in [2.24, 2.45) is 0 Å². The van der Waals surface area contributed by atoms with Crippen LogP contribution in [0.4, 0.5) is 0 Å². The van der Waals surface area contributed by atoms with Crippen LogP contribution in [0.2, 0.25) is 0 Å². The first-order chi connectivity index (χ1) is 18.4. The number of aliphatic carboxylic acids is 1. The van der Waals surface area contributed by atoms with Crippen molar-refractivity contribution < 1.29 is 59.6 Å². The molecular weight excluding hydrogens is 516 g/mol. The maximum absolute atomic E-state index is 12.5. The van der Waals surface area contributed by atoms with E-state index in [1.54, 1.807) is 6.07 Å². The van der Waals surface area contributed by atoms with Gasteiger partial charge in [-0.15, -0.1) is 0 Å². The number of carbonyl (C=O) groups is 3. The van der Waals surface area contributed by atoms with Crippen LogP contribution in [-0.4, -0.2) is 77.6 Å². The van der Waals surface area contributed by atoms with Crippen LogP contribution >= 0.6 is 0 Å². The van der Waals surface area contributed by atoms with E-state index in [1.165, 1.54) is 36.4 Å². The summed E-state index contributed by atoms with van der Waals surface area (Å²) in [4.78, 5) is 36.5. The molecule has 0 amide bonds. The second-order valence-electron chi connectivity index (χ2n) is 9.35. The molecule has 3 rings (SSSR count). The molecule has 12 nitrogen and oxygen atoms in total. The lowest BCUT2D eigenvalue weighted by Crippen LogP contribution is -2.58. The number of aliphatic hydroxyl groups excluding tert-OH is 1. The van der Waals surface area contributed by atoms with E-state index in [-0.39, 0.29) is 42.3 Å². The number of carbonyl (C=O) groups excluding carboxylic acids is 2. The smallest absolute Gasteiger partial charge is 0.335 e. The van der Waals surface area contributed by atoms with Crippen LogP contribution in [0.15, 0.2) is 48.6 Å². The molecule has 1 aliphatic carbocycles. The number of phenols is 4. The second kappa shape index (κ2) is 12.5.